The summed E-state index contributed by atoms with van der Waals surface area (Å²) in [5.41, 5.74) is 11.9. The highest BCUT2D eigenvalue weighted by Gasteiger charge is 2.14. The average molecular weight is 370 g/mol. The van der Waals surface area contributed by atoms with Gasteiger partial charge in [0.1, 0.15) is 11.5 Å². The van der Waals surface area contributed by atoms with Gasteiger partial charge in [0.15, 0.2) is 0 Å². The molecule has 0 aliphatic rings. The third kappa shape index (κ3) is 3.80. The Morgan fingerprint density at radius 2 is 1.64 bits per heavy atom. The Hall–Kier alpha value is -3.04. The summed E-state index contributed by atoms with van der Waals surface area (Å²) in [7, 11) is 0. The van der Waals surface area contributed by atoms with Crippen LogP contribution in [0.1, 0.15) is 24.0 Å². The number of aromatic nitrogens is 1. The number of para-hydroxylation sites is 2. The molecule has 0 saturated carbocycles. The highest BCUT2D eigenvalue weighted by molar-refractivity contribution is 5.92. The zero-order chi connectivity index (χ0) is 19.3. The lowest BCUT2D eigenvalue weighted by atomic mass is 9.99. The van der Waals surface area contributed by atoms with Crippen LogP contribution < -0.4 is 10.5 Å². The van der Waals surface area contributed by atoms with E-state index in [2.05, 4.69) is 48.3 Å². The lowest BCUT2D eigenvalue weighted by Gasteiger charge is -2.09. The number of rotatable bonds is 7. The molecule has 1 aromatic heterocycles. The second kappa shape index (κ2) is 8.32. The Morgan fingerprint density at radius 3 is 2.46 bits per heavy atom. The van der Waals surface area contributed by atoms with Crippen LogP contribution in [0.15, 0.2) is 72.8 Å². The van der Waals surface area contributed by atoms with Crippen LogP contribution in [0.25, 0.3) is 22.2 Å². The number of nitrogens with one attached hydrogen (secondary N) is 1. The van der Waals surface area contributed by atoms with Crippen molar-refractivity contribution in [3.63, 3.8) is 0 Å². The van der Waals surface area contributed by atoms with E-state index in [-0.39, 0.29) is 0 Å². The summed E-state index contributed by atoms with van der Waals surface area (Å²) < 4.78 is 6.05. The van der Waals surface area contributed by atoms with E-state index in [1.165, 1.54) is 27.7 Å². The number of ether oxygens (including phenoxy) is 1. The molecule has 3 heteroatoms. The molecule has 1 heterocycles. The van der Waals surface area contributed by atoms with E-state index in [9.17, 15) is 0 Å². The van der Waals surface area contributed by atoms with Gasteiger partial charge in [-0.15, -0.1) is 0 Å². The summed E-state index contributed by atoms with van der Waals surface area (Å²) in [6.07, 6.45) is 3.14. The maximum Gasteiger partial charge on any atom is 0.128 e. The van der Waals surface area contributed by atoms with Crippen molar-refractivity contribution in [3.8, 4) is 22.8 Å². The van der Waals surface area contributed by atoms with E-state index in [4.69, 9.17) is 10.5 Å². The van der Waals surface area contributed by atoms with Crippen molar-refractivity contribution in [3.05, 3.63) is 83.9 Å². The van der Waals surface area contributed by atoms with E-state index < -0.39 is 0 Å². The van der Waals surface area contributed by atoms with Crippen molar-refractivity contribution < 1.29 is 4.74 Å². The number of fused-ring (bicyclic) bond motifs is 1. The van der Waals surface area contributed by atoms with Gasteiger partial charge in [0.25, 0.3) is 0 Å². The molecule has 0 unspecified atom stereocenters. The highest BCUT2D eigenvalue weighted by atomic mass is 16.5. The molecule has 4 rings (SSSR count). The van der Waals surface area contributed by atoms with Crippen molar-refractivity contribution in [1.29, 1.82) is 0 Å². The van der Waals surface area contributed by atoms with Gasteiger partial charge in [0, 0.05) is 22.2 Å². The summed E-state index contributed by atoms with van der Waals surface area (Å²) in [6, 6.07) is 24.7. The SMILES string of the molecule is Cc1cccc2c(CCCCN)c(-c3cccc(Oc4ccccc4)c3)[nH]c12. The van der Waals surface area contributed by atoms with Gasteiger partial charge in [-0.2, -0.15) is 0 Å². The summed E-state index contributed by atoms with van der Waals surface area (Å²) in [4.78, 5) is 3.68. The second-order valence-corrected chi connectivity index (χ2v) is 7.16. The van der Waals surface area contributed by atoms with Gasteiger partial charge in [-0.05, 0) is 68.1 Å². The predicted octanol–water partition coefficient (Wildman–Crippen LogP) is 6.22. The Morgan fingerprint density at radius 1 is 0.857 bits per heavy atom. The Labute approximate surface area is 166 Å². The minimum absolute atomic E-state index is 0.733. The topological polar surface area (TPSA) is 51.0 Å². The largest absolute Gasteiger partial charge is 0.457 e. The molecular formula is C25H26N2O. The van der Waals surface area contributed by atoms with Crippen LogP contribution in [-0.4, -0.2) is 11.5 Å². The van der Waals surface area contributed by atoms with Crippen molar-refractivity contribution in [2.75, 3.05) is 6.54 Å². The monoisotopic (exact) mass is 370 g/mol. The standard InChI is InChI=1S/C25H26N2O/c1-18-9-7-15-22-23(14-5-6-16-26)25(27-24(18)22)19-10-8-13-21(17-19)28-20-11-3-2-4-12-20/h2-4,7-13,15,17,27H,5-6,14,16,26H2,1H3. The lowest BCUT2D eigenvalue weighted by molar-refractivity contribution is 0.483. The molecule has 0 fully saturated rings. The van der Waals surface area contributed by atoms with Gasteiger partial charge in [-0.25, -0.2) is 0 Å². The first-order valence-electron chi connectivity index (χ1n) is 9.90. The van der Waals surface area contributed by atoms with Crippen LogP contribution in [0, 0.1) is 6.92 Å². The first kappa shape index (κ1) is 18.3. The molecule has 0 aliphatic heterocycles. The smallest absolute Gasteiger partial charge is 0.128 e. The predicted molar refractivity (Wildman–Crippen MR) is 117 cm³/mol. The second-order valence-electron chi connectivity index (χ2n) is 7.16. The number of aromatic amines is 1. The zero-order valence-electron chi connectivity index (χ0n) is 16.2. The highest BCUT2D eigenvalue weighted by Crippen LogP contribution is 2.35. The van der Waals surface area contributed by atoms with Crippen molar-refractivity contribution in [2.45, 2.75) is 26.2 Å². The molecule has 4 aromatic rings. The number of benzene rings is 3. The summed E-state index contributed by atoms with van der Waals surface area (Å²) in [6.45, 7) is 2.89. The van der Waals surface area contributed by atoms with Crippen LogP contribution in [0.4, 0.5) is 0 Å². The van der Waals surface area contributed by atoms with Crippen molar-refractivity contribution in [2.24, 2.45) is 5.73 Å². The van der Waals surface area contributed by atoms with Gasteiger partial charge in [0.05, 0.1) is 0 Å². The van der Waals surface area contributed by atoms with Gasteiger partial charge in [-0.3, -0.25) is 0 Å². The lowest BCUT2D eigenvalue weighted by Crippen LogP contribution is -1.99. The summed E-state index contributed by atoms with van der Waals surface area (Å²) in [5.74, 6) is 1.68. The Balaban J connectivity index is 1.74. The normalized spacial score (nSPS) is 11.1. The van der Waals surface area contributed by atoms with E-state index in [1.54, 1.807) is 0 Å². The first-order chi connectivity index (χ1) is 13.8. The van der Waals surface area contributed by atoms with Crippen LogP contribution in [0.2, 0.25) is 0 Å². The quantitative estimate of drug-likeness (QED) is 0.380. The Bertz CT molecular complexity index is 1070. The van der Waals surface area contributed by atoms with Crippen LogP contribution in [-0.2, 0) is 6.42 Å². The third-order valence-electron chi connectivity index (χ3n) is 5.13. The summed E-state index contributed by atoms with van der Waals surface area (Å²) >= 11 is 0. The Kier molecular flexibility index (Phi) is 5.45. The molecule has 0 atom stereocenters. The fourth-order valence-corrected chi connectivity index (χ4v) is 3.71. The van der Waals surface area contributed by atoms with Crippen LogP contribution >= 0.6 is 0 Å². The maximum atomic E-state index is 6.05. The molecule has 0 radical (unpaired) electrons. The summed E-state index contributed by atoms with van der Waals surface area (Å²) in [5, 5.41) is 1.31. The fraction of sp³-hybridized carbons (Fsp3) is 0.200. The molecule has 0 saturated heterocycles. The van der Waals surface area contributed by atoms with Gasteiger partial charge < -0.3 is 15.5 Å². The van der Waals surface area contributed by atoms with E-state index in [0.717, 1.165) is 42.9 Å². The van der Waals surface area contributed by atoms with Crippen LogP contribution in [0.5, 0.6) is 11.5 Å². The molecule has 0 aliphatic carbocycles. The van der Waals surface area contributed by atoms with E-state index >= 15 is 0 Å². The molecule has 0 amide bonds. The minimum Gasteiger partial charge on any atom is -0.457 e. The molecule has 3 aromatic carbocycles. The van der Waals surface area contributed by atoms with Crippen molar-refractivity contribution >= 4 is 10.9 Å². The fourth-order valence-electron chi connectivity index (χ4n) is 3.71. The van der Waals surface area contributed by atoms with Crippen LogP contribution in [0.3, 0.4) is 0 Å². The molecule has 0 spiro atoms. The first-order valence-corrected chi connectivity index (χ1v) is 9.90. The average Bonchev–Trinajstić information content (AvgIpc) is 3.09. The molecule has 142 valence electrons. The van der Waals surface area contributed by atoms with Crippen molar-refractivity contribution in [1.82, 2.24) is 4.98 Å². The van der Waals surface area contributed by atoms with E-state index in [0.29, 0.717) is 0 Å². The molecule has 3 N–H and O–H groups in total. The zero-order valence-corrected chi connectivity index (χ0v) is 16.2. The number of H-pyrrole nitrogens is 1. The molecule has 3 nitrogen and oxygen atoms in total. The maximum absolute atomic E-state index is 6.05. The number of aryl methyl sites for hydroxylation is 2. The number of unbranched alkanes of at least 4 members (excludes halogenated alkanes) is 1. The molecular weight excluding hydrogens is 344 g/mol. The van der Waals surface area contributed by atoms with E-state index in [1.807, 2.05) is 36.4 Å². The van der Waals surface area contributed by atoms with Gasteiger partial charge in [0.2, 0.25) is 0 Å². The molecule has 0 bridgehead atoms. The number of nitrogens with two attached hydrogens (primary N) is 1. The number of hydrogen-bond donors (Lipinski definition) is 2. The van der Waals surface area contributed by atoms with Gasteiger partial charge in [-0.1, -0.05) is 48.5 Å². The number of hydrogen-bond acceptors (Lipinski definition) is 2. The minimum atomic E-state index is 0.733. The van der Waals surface area contributed by atoms with Gasteiger partial charge >= 0.3 is 0 Å². The molecule has 28 heavy (non-hydrogen) atoms. The third-order valence-corrected chi connectivity index (χ3v) is 5.13.